The zero-order chi connectivity index (χ0) is 29.5. The van der Waals surface area contributed by atoms with Crippen molar-refractivity contribution >= 4 is 29.4 Å². The van der Waals surface area contributed by atoms with Crippen molar-refractivity contribution in [3.8, 4) is 11.5 Å². The quantitative estimate of drug-likeness (QED) is 0.0638. The number of alkyl halides is 5. The van der Waals surface area contributed by atoms with Crippen LogP contribution in [0.5, 0.6) is 11.5 Å². The van der Waals surface area contributed by atoms with Gasteiger partial charge in [0.1, 0.15) is 11.5 Å². The molecule has 3 aromatic rings. The van der Waals surface area contributed by atoms with Gasteiger partial charge < -0.3 is 26.0 Å². The molecule has 3 aromatic carbocycles. The van der Waals surface area contributed by atoms with Gasteiger partial charge in [0.15, 0.2) is 0 Å². The number of carbonyl (C=O) groups excluding carboxylic acids is 1. The lowest BCUT2D eigenvalue weighted by Crippen LogP contribution is -2.36. The van der Waals surface area contributed by atoms with E-state index in [0.717, 1.165) is 0 Å². The molecule has 212 valence electrons. The number of nitrogen functional groups attached to an aromatic ring is 2. The summed E-state index contributed by atoms with van der Waals surface area (Å²) in [4.78, 5) is 24.2. The average molecular weight is 565 g/mol. The summed E-state index contributed by atoms with van der Waals surface area (Å²) in [6.07, 6.45) is -5.98. The number of esters is 1. The minimum absolute atomic E-state index is 0.0844. The fourth-order valence-corrected chi connectivity index (χ4v) is 3.57. The Morgan fingerprint density at radius 1 is 0.850 bits per heavy atom. The van der Waals surface area contributed by atoms with E-state index in [2.05, 4.69) is 0 Å². The Morgan fingerprint density at radius 3 is 1.98 bits per heavy atom. The molecule has 0 heterocycles. The third-order valence-corrected chi connectivity index (χ3v) is 5.55. The number of ether oxygens (including phenoxy) is 2. The summed E-state index contributed by atoms with van der Waals surface area (Å²) < 4.78 is 72.9. The zero-order valence-electron chi connectivity index (χ0n) is 20.9. The van der Waals surface area contributed by atoms with E-state index in [4.69, 9.17) is 20.9 Å². The summed E-state index contributed by atoms with van der Waals surface area (Å²) in [5, 5.41) is 9.60. The second-order valence-corrected chi connectivity index (χ2v) is 8.80. The van der Waals surface area contributed by atoms with E-state index in [1.54, 1.807) is 30.3 Å². The Bertz CT molecular complexity index is 1350. The smallest absolute Gasteiger partial charge is 0.453 e. The minimum Gasteiger partial charge on any atom is -0.494 e. The molecule has 0 spiro atoms. The Hall–Kier alpha value is -4.61. The van der Waals surface area contributed by atoms with Gasteiger partial charge >= 0.3 is 24.0 Å². The van der Waals surface area contributed by atoms with Crippen molar-refractivity contribution in [2.45, 2.75) is 31.4 Å². The van der Waals surface area contributed by atoms with Crippen LogP contribution in [0.2, 0.25) is 0 Å². The largest absolute Gasteiger partial charge is 0.494 e. The minimum atomic E-state index is -5.61. The standard InChI is InChI=1S/C28H25F5N2O5/c29-27(30,28(31,32)33)10-1-11-39-23-8-4-19(5-9-23)26(38)40-24-6-2-17(3-7-24)12-20(25(36)37)13-18-14-21(34)16-22(35)15-18/h2-9,12,14-16H,1,10-11,13,34-35H2,(H,36,37). The van der Waals surface area contributed by atoms with Crippen LogP contribution in [0.25, 0.3) is 6.08 Å². The maximum Gasteiger partial charge on any atom is 0.453 e. The van der Waals surface area contributed by atoms with E-state index >= 15 is 0 Å². The van der Waals surface area contributed by atoms with E-state index in [1.165, 1.54) is 42.5 Å². The molecule has 0 bridgehead atoms. The number of anilines is 2. The Balaban J connectivity index is 1.56. The van der Waals surface area contributed by atoms with Crippen molar-refractivity contribution < 1.29 is 46.1 Å². The number of aliphatic carboxylic acids is 1. The number of rotatable bonds is 11. The van der Waals surface area contributed by atoms with Gasteiger partial charge in [0.05, 0.1) is 12.2 Å². The van der Waals surface area contributed by atoms with Crippen molar-refractivity contribution in [1.29, 1.82) is 0 Å². The average Bonchev–Trinajstić information content (AvgIpc) is 2.86. The predicted molar refractivity (Wildman–Crippen MR) is 138 cm³/mol. The highest BCUT2D eigenvalue weighted by molar-refractivity contribution is 5.93. The monoisotopic (exact) mass is 564 g/mol. The van der Waals surface area contributed by atoms with E-state index in [1.807, 2.05) is 0 Å². The van der Waals surface area contributed by atoms with Crippen molar-refractivity contribution in [2.75, 3.05) is 18.1 Å². The van der Waals surface area contributed by atoms with Crippen molar-refractivity contribution in [1.82, 2.24) is 0 Å². The Morgan fingerprint density at radius 2 is 1.43 bits per heavy atom. The number of halogens is 5. The number of carboxylic acid groups (broad SMARTS) is 1. The molecular weight excluding hydrogens is 539 g/mol. The Labute approximate surface area is 225 Å². The van der Waals surface area contributed by atoms with Crippen molar-refractivity contribution in [2.24, 2.45) is 0 Å². The third-order valence-electron chi connectivity index (χ3n) is 5.55. The summed E-state index contributed by atoms with van der Waals surface area (Å²) in [6.45, 7) is -0.368. The predicted octanol–water partition coefficient (Wildman–Crippen LogP) is 6.14. The molecule has 0 atom stereocenters. The molecule has 0 saturated heterocycles. The molecule has 0 unspecified atom stereocenters. The highest BCUT2D eigenvalue weighted by Crippen LogP contribution is 2.38. The molecular formula is C28H25F5N2O5. The van der Waals surface area contributed by atoms with Crippen LogP contribution in [0.4, 0.5) is 33.3 Å². The van der Waals surface area contributed by atoms with Gasteiger partial charge in [-0.05, 0) is 78.2 Å². The lowest BCUT2D eigenvalue weighted by molar-refractivity contribution is -0.284. The fourth-order valence-electron chi connectivity index (χ4n) is 3.57. The van der Waals surface area contributed by atoms with Crippen LogP contribution in [0.15, 0.2) is 72.3 Å². The van der Waals surface area contributed by atoms with Gasteiger partial charge in [-0.1, -0.05) is 12.1 Å². The summed E-state index contributed by atoms with van der Waals surface area (Å²) in [5.74, 6) is -6.26. The highest BCUT2D eigenvalue weighted by Gasteiger charge is 2.56. The highest BCUT2D eigenvalue weighted by atomic mass is 19.4. The summed E-state index contributed by atoms with van der Waals surface area (Å²) in [6, 6.07) is 16.3. The summed E-state index contributed by atoms with van der Waals surface area (Å²) >= 11 is 0. The molecule has 12 heteroatoms. The van der Waals surface area contributed by atoms with Crippen LogP contribution in [-0.4, -0.2) is 35.8 Å². The SMILES string of the molecule is Nc1cc(N)cc(CC(=Cc2ccc(OC(=O)c3ccc(OCCCC(F)(F)C(F)(F)F)cc3)cc2)C(=O)O)c1. The zero-order valence-corrected chi connectivity index (χ0v) is 20.9. The molecule has 0 aliphatic rings. The van der Waals surface area contributed by atoms with E-state index in [0.29, 0.717) is 22.5 Å². The fraction of sp³-hybridized carbons (Fsp3) is 0.214. The molecule has 0 radical (unpaired) electrons. The number of carboxylic acids is 1. The van der Waals surface area contributed by atoms with Gasteiger partial charge in [-0.25, -0.2) is 9.59 Å². The van der Waals surface area contributed by atoms with Crippen LogP contribution < -0.4 is 20.9 Å². The van der Waals surface area contributed by atoms with Gasteiger partial charge in [0.2, 0.25) is 0 Å². The van der Waals surface area contributed by atoms with Gasteiger partial charge in [-0.3, -0.25) is 0 Å². The molecule has 0 aliphatic heterocycles. The lowest BCUT2D eigenvalue weighted by atomic mass is 10.0. The first-order valence-electron chi connectivity index (χ1n) is 11.8. The first-order chi connectivity index (χ1) is 18.7. The number of hydrogen-bond donors (Lipinski definition) is 3. The van der Waals surface area contributed by atoms with Crippen LogP contribution >= 0.6 is 0 Å². The van der Waals surface area contributed by atoms with Crippen molar-refractivity contribution in [3.63, 3.8) is 0 Å². The van der Waals surface area contributed by atoms with Crippen LogP contribution in [0.1, 0.15) is 34.3 Å². The second-order valence-electron chi connectivity index (χ2n) is 8.80. The number of benzene rings is 3. The number of carbonyl (C=O) groups is 2. The molecule has 0 aromatic heterocycles. The molecule has 0 fully saturated rings. The molecule has 0 amide bonds. The Kier molecular flexibility index (Phi) is 9.35. The van der Waals surface area contributed by atoms with Gasteiger partial charge in [0, 0.05) is 29.8 Å². The third kappa shape index (κ3) is 8.45. The van der Waals surface area contributed by atoms with Gasteiger partial charge in [0.25, 0.3) is 0 Å². The molecule has 7 nitrogen and oxygen atoms in total. The maximum atomic E-state index is 12.9. The molecule has 3 rings (SSSR count). The molecule has 40 heavy (non-hydrogen) atoms. The molecule has 0 saturated carbocycles. The normalized spacial score (nSPS) is 12.2. The van der Waals surface area contributed by atoms with Crippen molar-refractivity contribution in [3.05, 3.63) is 89.0 Å². The molecule has 5 N–H and O–H groups in total. The first-order valence-corrected chi connectivity index (χ1v) is 11.8. The molecule has 0 aliphatic carbocycles. The first kappa shape index (κ1) is 29.9. The van der Waals surface area contributed by atoms with Crippen LogP contribution in [0, 0.1) is 0 Å². The van der Waals surface area contributed by atoms with Gasteiger partial charge in [-0.2, -0.15) is 22.0 Å². The second kappa shape index (κ2) is 12.5. The van der Waals surface area contributed by atoms with Crippen LogP contribution in [-0.2, 0) is 11.2 Å². The van der Waals surface area contributed by atoms with E-state index < -0.39 is 36.9 Å². The van der Waals surface area contributed by atoms with Crippen LogP contribution in [0.3, 0.4) is 0 Å². The number of nitrogens with two attached hydrogens (primary N) is 2. The topological polar surface area (TPSA) is 125 Å². The van der Waals surface area contributed by atoms with E-state index in [-0.39, 0.29) is 35.7 Å². The number of hydrogen-bond acceptors (Lipinski definition) is 6. The van der Waals surface area contributed by atoms with E-state index in [9.17, 15) is 36.6 Å². The lowest BCUT2D eigenvalue weighted by Gasteiger charge is -2.19. The summed E-state index contributed by atoms with van der Waals surface area (Å²) in [5.41, 5.74) is 13.8. The maximum absolute atomic E-state index is 12.9. The summed E-state index contributed by atoms with van der Waals surface area (Å²) in [7, 11) is 0. The van der Waals surface area contributed by atoms with Gasteiger partial charge in [-0.15, -0.1) is 0 Å².